The highest BCUT2D eigenvalue weighted by atomic mass is 79.9. The summed E-state index contributed by atoms with van der Waals surface area (Å²) in [5, 5.41) is 2.86. The summed E-state index contributed by atoms with van der Waals surface area (Å²) in [7, 11) is 0. The van der Waals surface area contributed by atoms with Crippen molar-refractivity contribution in [3.63, 3.8) is 0 Å². The molecule has 3 N–H and O–H groups in total. The zero-order valence-corrected chi connectivity index (χ0v) is 12.0. The van der Waals surface area contributed by atoms with Crippen LogP contribution in [0.5, 0.6) is 0 Å². The van der Waals surface area contributed by atoms with Gasteiger partial charge in [-0.05, 0) is 37.0 Å². The molecule has 4 heteroatoms. The first-order valence-electron chi connectivity index (χ1n) is 5.73. The summed E-state index contributed by atoms with van der Waals surface area (Å²) in [5.74, 6) is 0.291. The minimum Gasteiger partial charge on any atom is -0.324 e. The molecule has 0 radical (unpaired) electrons. The fourth-order valence-electron chi connectivity index (χ4n) is 1.58. The van der Waals surface area contributed by atoms with E-state index in [0.717, 1.165) is 15.7 Å². The minimum atomic E-state index is -0.451. The van der Waals surface area contributed by atoms with E-state index in [1.165, 1.54) is 0 Å². The molecule has 0 fully saturated rings. The molecule has 0 aliphatic rings. The van der Waals surface area contributed by atoms with E-state index in [-0.39, 0.29) is 5.91 Å². The molecule has 0 saturated heterocycles. The second-order valence-corrected chi connectivity index (χ2v) is 5.49. The average Bonchev–Trinajstić information content (AvgIpc) is 2.23. The van der Waals surface area contributed by atoms with Gasteiger partial charge in [0.2, 0.25) is 5.91 Å². The van der Waals surface area contributed by atoms with Crippen molar-refractivity contribution in [3.8, 4) is 0 Å². The Kier molecular flexibility index (Phi) is 5.15. The van der Waals surface area contributed by atoms with Crippen molar-refractivity contribution in [3.05, 3.63) is 28.2 Å². The van der Waals surface area contributed by atoms with Crippen LogP contribution in [0.1, 0.15) is 25.8 Å². The Morgan fingerprint density at radius 1 is 1.47 bits per heavy atom. The summed E-state index contributed by atoms with van der Waals surface area (Å²) in [4.78, 5) is 11.9. The number of hydrogen-bond donors (Lipinski definition) is 2. The van der Waals surface area contributed by atoms with E-state index in [1.54, 1.807) is 0 Å². The Labute approximate surface area is 111 Å². The zero-order valence-electron chi connectivity index (χ0n) is 10.5. The van der Waals surface area contributed by atoms with Crippen LogP contribution in [0.2, 0.25) is 0 Å². The number of benzene rings is 1. The molecule has 0 saturated carbocycles. The van der Waals surface area contributed by atoms with Crippen LogP contribution in [0.25, 0.3) is 0 Å². The van der Waals surface area contributed by atoms with Gasteiger partial charge in [0.05, 0.1) is 6.04 Å². The lowest BCUT2D eigenvalue weighted by atomic mass is 10.0. The van der Waals surface area contributed by atoms with E-state index < -0.39 is 6.04 Å². The summed E-state index contributed by atoms with van der Waals surface area (Å²) < 4.78 is 0.979. The SMILES string of the molecule is Cc1c(Br)cccc1NC(=O)[C@H](N)CC(C)C. The Bertz CT molecular complexity index is 404. The average molecular weight is 299 g/mol. The second-order valence-electron chi connectivity index (χ2n) is 4.64. The maximum absolute atomic E-state index is 11.9. The normalized spacial score (nSPS) is 12.6. The van der Waals surface area contributed by atoms with Crippen LogP contribution in [-0.4, -0.2) is 11.9 Å². The molecule has 1 aromatic rings. The number of anilines is 1. The molecule has 0 aliphatic carbocycles. The Balaban J connectivity index is 2.71. The topological polar surface area (TPSA) is 55.1 Å². The zero-order chi connectivity index (χ0) is 13.0. The van der Waals surface area contributed by atoms with Crippen molar-refractivity contribution in [1.29, 1.82) is 0 Å². The van der Waals surface area contributed by atoms with Gasteiger partial charge in [-0.3, -0.25) is 4.79 Å². The Hall–Kier alpha value is -0.870. The van der Waals surface area contributed by atoms with Gasteiger partial charge in [0.1, 0.15) is 0 Å². The summed E-state index contributed by atoms with van der Waals surface area (Å²) in [6.45, 7) is 6.06. The number of amides is 1. The summed E-state index contributed by atoms with van der Waals surface area (Å²) in [6, 6.07) is 5.26. The van der Waals surface area contributed by atoms with Gasteiger partial charge in [0, 0.05) is 10.2 Å². The first-order chi connectivity index (χ1) is 7.91. The van der Waals surface area contributed by atoms with E-state index in [4.69, 9.17) is 5.73 Å². The van der Waals surface area contributed by atoms with Gasteiger partial charge in [0.25, 0.3) is 0 Å². The number of nitrogens with two attached hydrogens (primary N) is 1. The van der Waals surface area contributed by atoms with E-state index in [1.807, 2.05) is 25.1 Å². The second kappa shape index (κ2) is 6.17. The molecular formula is C13H19BrN2O. The van der Waals surface area contributed by atoms with Gasteiger partial charge in [-0.2, -0.15) is 0 Å². The predicted octanol–water partition coefficient (Wildman–Crippen LogP) is 3.07. The molecule has 1 amide bonds. The van der Waals surface area contributed by atoms with Crippen molar-refractivity contribution < 1.29 is 4.79 Å². The van der Waals surface area contributed by atoms with Crippen molar-refractivity contribution in [1.82, 2.24) is 0 Å². The lowest BCUT2D eigenvalue weighted by Crippen LogP contribution is -2.36. The molecule has 1 atom stereocenters. The van der Waals surface area contributed by atoms with Gasteiger partial charge in [0.15, 0.2) is 0 Å². The van der Waals surface area contributed by atoms with Crippen LogP contribution in [0.4, 0.5) is 5.69 Å². The van der Waals surface area contributed by atoms with Crippen molar-refractivity contribution in [2.24, 2.45) is 11.7 Å². The van der Waals surface area contributed by atoms with Gasteiger partial charge in [-0.1, -0.05) is 35.8 Å². The number of hydrogen-bond acceptors (Lipinski definition) is 2. The maximum Gasteiger partial charge on any atom is 0.241 e. The molecule has 0 aromatic heterocycles. The predicted molar refractivity (Wildman–Crippen MR) is 74.9 cm³/mol. The van der Waals surface area contributed by atoms with Gasteiger partial charge >= 0.3 is 0 Å². The lowest BCUT2D eigenvalue weighted by molar-refractivity contribution is -0.117. The highest BCUT2D eigenvalue weighted by molar-refractivity contribution is 9.10. The van der Waals surface area contributed by atoms with Crippen LogP contribution in [0, 0.1) is 12.8 Å². The first kappa shape index (κ1) is 14.2. The van der Waals surface area contributed by atoms with E-state index in [0.29, 0.717) is 12.3 Å². The van der Waals surface area contributed by atoms with Gasteiger partial charge in [-0.25, -0.2) is 0 Å². The van der Waals surface area contributed by atoms with Crippen molar-refractivity contribution in [2.45, 2.75) is 33.2 Å². The molecule has 0 spiro atoms. The van der Waals surface area contributed by atoms with Crippen LogP contribution >= 0.6 is 15.9 Å². The van der Waals surface area contributed by atoms with Crippen LogP contribution in [-0.2, 0) is 4.79 Å². The minimum absolute atomic E-state index is 0.125. The highest BCUT2D eigenvalue weighted by Gasteiger charge is 2.15. The summed E-state index contributed by atoms with van der Waals surface area (Å²) in [5.41, 5.74) is 7.65. The smallest absolute Gasteiger partial charge is 0.241 e. The molecule has 0 aliphatic heterocycles. The molecule has 3 nitrogen and oxygen atoms in total. The van der Waals surface area contributed by atoms with Crippen molar-refractivity contribution >= 4 is 27.5 Å². The third-order valence-electron chi connectivity index (χ3n) is 2.59. The van der Waals surface area contributed by atoms with Crippen molar-refractivity contribution in [2.75, 3.05) is 5.32 Å². The Morgan fingerprint density at radius 2 is 2.12 bits per heavy atom. The van der Waals surface area contributed by atoms with Crippen LogP contribution < -0.4 is 11.1 Å². The quantitative estimate of drug-likeness (QED) is 0.897. The number of rotatable bonds is 4. The number of halogens is 1. The van der Waals surface area contributed by atoms with Crippen LogP contribution in [0.3, 0.4) is 0 Å². The number of carbonyl (C=O) groups is 1. The Morgan fingerprint density at radius 3 is 2.71 bits per heavy atom. The summed E-state index contributed by atoms with van der Waals surface area (Å²) in [6.07, 6.45) is 0.693. The number of nitrogens with one attached hydrogen (secondary N) is 1. The van der Waals surface area contributed by atoms with E-state index >= 15 is 0 Å². The van der Waals surface area contributed by atoms with Crippen LogP contribution in [0.15, 0.2) is 22.7 Å². The van der Waals surface area contributed by atoms with E-state index in [2.05, 4.69) is 35.1 Å². The van der Waals surface area contributed by atoms with E-state index in [9.17, 15) is 4.79 Å². The van der Waals surface area contributed by atoms with Gasteiger partial charge < -0.3 is 11.1 Å². The standard InChI is InChI=1S/C13H19BrN2O/c1-8(2)7-11(15)13(17)16-12-6-4-5-10(14)9(12)3/h4-6,8,11H,7,15H2,1-3H3,(H,16,17)/t11-/m1/s1. The number of carbonyl (C=O) groups excluding carboxylic acids is 1. The molecule has 17 heavy (non-hydrogen) atoms. The fraction of sp³-hybridized carbons (Fsp3) is 0.462. The lowest BCUT2D eigenvalue weighted by Gasteiger charge is -2.15. The maximum atomic E-state index is 11.9. The summed E-state index contributed by atoms with van der Waals surface area (Å²) >= 11 is 3.43. The molecule has 94 valence electrons. The molecule has 1 rings (SSSR count). The molecule has 0 bridgehead atoms. The fourth-order valence-corrected chi connectivity index (χ4v) is 1.95. The monoisotopic (exact) mass is 298 g/mol. The molecule has 1 aromatic carbocycles. The largest absolute Gasteiger partial charge is 0.324 e. The molecular weight excluding hydrogens is 280 g/mol. The van der Waals surface area contributed by atoms with Gasteiger partial charge in [-0.15, -0.1) is 0 Å². The third kappa shape index (κ3) is 4.13. The molecule has 0 heterocycles. The highest BCUT2D eigenvalue weighted by Crippen LogP contribution is 2.23. The third-order valence-corrected chi connectivity index (χ3v) is 3.45. The first-order valence-corrected chi connectivity index (χ1v) is 6.52. The molecule has 0 unspecified atom stereocenters.